The van der Waals surface area contributed by atoms with Crippen LogP contribution in [0.3, 0.4) is 0 Å². The van der Waals surface area contributed by atoms with Gasteiger partial charge in [0.15, 0.2) is 0 Å². The molecule has 30 heavy (non-hydrogen) atoms. The Hall–Kier alpha value is -3.91. The van der Waals surface area contributed by atoms with Gasteiger partial charge in [-0.25, -0.2) is 4.39 Å². The number of hydrogen-bond acceptors (Lipinski definition) is 3. The topological polar surface area (TPSA) is 62.1 Å². The van der Waals surface area contributed by atoms with Crippen molar-refractivity contribution in [3.63, 3.8) is 0 Å². The molecule has 1 amide bonds. The highest BCUT2D eigenvalue weighted by atomic mass is 19.1. The lowest BCUT2D eigenvalue weighted by atomic mass is 10.1. The lowest BCUT2D eigenvalue weighted by Gasteiger charge is -2.08. The van der Waals surface area contributed by atoms with E-state index in [0.29, 0.717) is 23.6 Å². The van der Waals surface area contributed by atoms with E-state index in [4.69, 9.17) is 4.74 Å². The Morgan fingerprint density at radius 1 is 1.03 bits per heavy atom. The first-order chi connectivity index (χ1) is 14.4. The molecule has 5 heteroatoms. The number of nitrogens with zero attached hydrogens (tertiary/aromatic N) is 1. The van der Waals surface area contributed by atoms with Crippen LogP contribution in [-0.2, 0) is 11.4 Å². The minimum absolute atomic E-state index is 0.0527. The molecule has 0 aromatic heterocycles. The molecule has 0 aliphatic rings. The average Bonchev–Trinajstić information content (AvgIpc) is 2.75. The van der Waals surface area contributed by atoms with Crippen molar-refractivity contribution in [2.24, 2.45) is 0 Å². The number of hydrogen-bond donors (Lipinski definition) is 1. The summed E-state index contributed by atoms with van der Waals surface area (Å²) < 4.78 is 18.8. The molecule has 0 spiro atoms. The number of ether oxygens (including phenoxy) is 1. The summed E-state index contributed by atoms with van der Waals surface area (Å²) in [4.78, 5) is 12.3. The number of benzene rings is 3. The Labute approximate surface area is 175 Å². The zero-order valence-electron chi connectivity index (χ0n) is 16.8. The number of carbonyl (C=O) groups is 1. The molecule has 0 aliphatic carbocycles. The molecule has 3 aromatic rings. The van der Waals surface area contributed by atoms with E-state index in [2.05, 4.69) is 31.3 Å². The van der Waals surface area contributed by atoms with Crippen molar-refractivity contribution in [1.29, 1.82) is 5.26 Å². The first-order valence-corrected chi connectivity index (χ1v) is 9.42. The predicted molar refractivity (Wildman–Crippen MR) is 115 cm³/mol. The molecule has 3 aromatic carbocycles. The summed E-state index contributed by atoms with van der Waals surface area (Å²) in [5.74, 6) is -0.261. The van der Waals surface area contributed by atoms with Gasteiger partial charge in [-0.15, -0.1) is 0 Å². The molecule has 1 N–H and O–H groups in total. The molecule has 150 valence electrons. The van der Waals surface area contributed by atoms with Crippen molar-refractivity contribution >= 4 is 17.7 Å². The highest BCUT2D eigenvalue weighted by Crippen LogP contribution is 2.18. The zero-order chi connectivity index (χ0) is 21.5. The van der Waals surface area contributed by atoms with Crippen LogP contribution in [0.15, 0.2) is 72.3 Å². The Bertz CT molecular complexity index is 1110. The lowest BCUT2D eigenvalue weighted by Crippen LogP contribution is -2.13. The van der Waals surface area contributed by atoms with Gasteiger partial charge < -0.3 is 10.1 Å². The second-order valence-electron chi connectivity index (χ2n) is 6.91. The van der Waals surface area contributed by atoms with Crippen LogP contribution in [0.4, 0.5) is 10.1 Å². The van der Waals surface area contributed by atoms with Crippen LogP contribution in [0.5, 0.6) is 5.75 Å². The molecule has 0 saturated heterocycles. The average molecular weight is 400 g/mol. The maximum atomic E-state index is 13.0. The van der Waals surface area contributed by atoms with Gasteiger partial charge in [0.05, 0.1) is 0 Å². The van der Waals surface area contributed by atoms with Gasteiger partial charge in [-0.3, -0.25) is 4.79 Å². The largest absolute Gasteiger partial charge is 0.489 e. The summed E-state index contributed by atoms with van der Waals surface area (Å²) in [6.07, 6.45) is 1.49. The molecule has 4 nitrogen and oxygen atoms in total. The zero-order valence-corrected chi connectivity index (χ0v) is 16.8. The second kappa shape index (κ2) is 9.53. The molecular formula is C25H21FN2O2. The highest BCUT2D eigenvalue weighted by molar-refractivity contribution is 6.09. The third-order valence-electron chi connectivity index (χ3n) is 4.64. The van der Waals surface area contributed by atoms with Gasteiger partial charge in [0.1, 0.15) is 29.8 Å². The van der Waals surface area contributed by atoms with E-state index >= 15 is 0 Å². The SMILES string of the molecule is Cc1ccc(COc2ccc(/C=C(\C#N)C(=O)Nc3ccc(F)cc3)cc2)cc1C. The standard InChI is InChI=1S/C25H21FN2O2/c1-17-3-4-20(13-18(17)2)16-30-24-11-5-19(6-12-24)14-21(15-27)25(29)28-23-9-7-22(26)8-10-23/h3-14H,16H2,1-2H3,(H,28,29)/b21-14+. The van der Waals surface area contributed by atoms with Crippen LogP contribution in [0, 0.1) is 31.0 Å². The van der Waals surface area contributed by atoms with Crippen LogP contribution < -0.4 is 10.1 Å². The molecule has 0 saturated carbocycles. The van der Waals surface area contributed by atoms with E-state index in [1.165, 1.54) is 41.5 Å². The third kappa shape index (κ3) is 5.55. The molecule has 3 rings (SSSR count). The van der Waals surface area contributed by atoms with Crippen LogP contribution in [0.25, 0.3) is 6.08 Å². The Kier molecular flexibility index (Phi) is 6.61. The fourth-order valence-electron chi connectivity index (χ4n) is 2.77. The van der Waals surface area contributed by atoms with Crippen molar-refractivity contribution in [3.05, 3.63) is 100 Å². The summed E-state index contributed by atoms with van der Waals surface area (Å²) >= 11 is 0. The molecule has 0 fully saturated rings. The smallest absolute Gasteiger partial charge is 0.266 e. The van der Waals surface area contributed by atoms with Crippen LogP contribution >= 0.6 is 0 Å². The van der Waals surface area contributed by atoms with Crippen LogP contribution in [0.1, 0.15) is 22.3 Å². The van der Waals surface area contributed by atoms with Gasteiger partial charge in [0.25, 0.3) is 5.91 Å². The minimum atomic E-state index is -0.556. The van der Waals surface area contributed by atoms with Gasteiger partial charge in [0.2, 0.25) is 0 Å². The first kappa shape index (κ1) is 20.8. The van der Waals surface area contributed by atoms with E-state index < -0.39 is 11.7 Å². The molecular weight excluding hydrogens is 379 g/mol. The van der Waals surface area contributed by atoms with Gasteiger partial charge in [0, 0.05) is 5.69 Å². The van der Waals surface area contributed by atoms with Crippen LogP contribution in [0.2, 0.25) is 0 Å². The summed E-state index contributed by atoms with van der Waals surface area (Å²) in [5.41, 5.74) is 4.61. The van der Waals surface area contributed by atoms with E-state index in [9.17, 15) is 14.4 Å². The van der Waals surface area contributed by atoms with E-state index in [0.717, 1.165) is 5.56 Å². The van der Waals surface area contributed by atoms with Gasteiger partial charge in [-0.05, 0) is 78.6 Å². The Morgan fingerprint density at radius 3 is 2.37 bits per heavy atom. The monoisotopic (exact) mass is 400 g/mol. The van der Waals surface area contributed by atoms with Gasteiger partial charge >= 0.3 is 0 Å². The molecule has 0 aliphatic heterocycles. The number of carbonyl (C=O) groups excluding carboxylic acids is 1. The molecule has 0 heterocycles. The number of rotatable bonds is 6. The summed E-state index contributed by atoms with van der Waals surface area (Å²) in [7, 11) is 0. The molecule has 0 atom stereocenters. The van der Waals surface area contributed by atoms with Crippen molar-refractivity contribution in [3.8, 4) is 11.8 Å². The van der Waals surface area contributed by atoms with Crippen molar-refractivity contribution < 1.29 is 13.9 Å². The highest BCUT2D eigenvalue weighted by Gasteiger charge is 2.10. The third-order valence-corrected chi connectivity index (χ3v) is 4.64. The normalized spacial score (nSPS) is 10.9. The maximum Gasteiger partial charge on any atom is 0.266 e. The number of amides is 1. The van der Waals surface area contributed by atoms with E-state index in [1.807, 2.05) is 12.1 Å². The summed E-state index contributed by atoms with van der Waals surface area (Å²) in [5, 5.41) is 11.9. The minimum Gasteiger partial charge on any atom is -0.489 e. The molecule has 0 radical (unpaired) electrons. The first-order valence-electron chi connectivity index (χ1n) is 9.42. The van der Waals surface area contributed by atoms with Crippen molar-refractivity contribution in [2.75, 3.05) is 5.32 Å². The van der Waals surface area contributed by atoms with Gasteiger partial charge in [-0.1, -0.05) is 30.3 Å². The predicted octanol–water partition coefficient (Wildman–Crippen LogP) is 5.57. The quantitative estimate of drug-likeness (QED) is 0.435. The maximum absolute atomic E-state index is 13.0. The molecule has 0 bridgehead atoms. The van der Waals surface area contributed by atoms with Crippen molar-refractivity contribution in [1.82, 2.24) is 0 Å². The fraction of sp³-hybridized carbons (Fsp3) is 0.120. The summed E-state index contributed by atoms with van der Waals surface area (Å²) in [6.45, 7) is 4.60. The number of nitriles is 1. The Morgan fingerprint density at radius 2 is 1.73 bits per heavy atom. The van der Waals surface area contributed by atoms with E-state index in [1.54, 1.807) is 24.3 Å². The van der Waals surface area contributed by atoms with Crippen LogP contribution in [-0.4, -0.2) is 5.91 Å². The fourth-order valence-corrected chi connectivity index (χ4v) is 2.77. The summed E-state index contributed by atoms with van der Waals surface area (Å²) in [6, 6.07) is 20.6. The van der Waals surface area contributed by atoms with Crippen molar-refractivity contribution in [2.45, 2.75) is 20.5 Å². The number of anilines is 1. The van der Waals surface area contributed by atoms with Gasteiger partial charge in [-0.2, -0.15) is 5.26 Å². The second-order valence-corrected chi connectivity index (χ2v) is 6.91. The molecule has 0 unspecified atom stereocenters. The Balaban J connectivity index is 1.64. The number of halogens is 1. The number of nitrogens with one attached hydrogen (secondary N) is 1. The van der Waals surface area contributed by atoms with E-state index in [-0.39, 0.29) is 5.57 Å². The number of aryl methyl sites for hydroxylation is 2. The lowest BCUT2D eigenvalue weighted by molar-refractivity contribution is -0.112.